The van der Waals surface area contributed by atoms with Crippen molar-refractivity contribution >= 4 is 35.4 Å². The summed E-state index contributed by atoms with van der Waals surface area (Å²) in [5.74, 6) is -0.103. The van der Waals surface area contributed by atoms with Crippen molar-refractivity contribution in [3.05, 3.63) is 88.9 Å². The molecule has 228 valence electrons. The lowest BCUT2D eigenvalue weighted by molar-refractivity contribution is -0.137. The van der Waals surface area contributed by atoms with Crippen LogP contribution in [0.4, 0.5) is 4.79 Å². The molecule has 2 aliphatic heterocycles. The molecule has 1 unspecified atom stereocenters. The van der Waals surface area contributed by atoms with Gasteiger partial charge in [0.05, 0.1) is 0 Å². The molecule has 2 aliphatic rings. The molecule has 9 heteroatoms. The lowest BCUT2D eigenvalue weighted by atomic mass is 9.88. The minimum atomic E-state index is -1.14. The number of carbonyl (C=O) groups is 2. The van der Waals surface area contributed by atoms with Gasteiger partial charge in [0.2, 0.25) is 5.91 Å². The Morgan fingerprint density at radius 3 is 2.30 bits per heavy atom. The van der Waals surface area contributed by atoms with Gasteiger partial charge in [-0.25, -0.2) is 4.79 Å². The van der Waals surface area contributed by atoms with E-state index < -0.39 is 12.1 Å². The maximum atomic E-state index is 13.6. The molecule has 1 atom stereocenters. The Morgan fingerprint density at radius 1 is 0.907 bits per heavy atom. The fourth-order valence-corrected chi connectivity index (χ4v) is 7.17. The number of piperazine rings is 1. The normalized spacial score (nSPS) is 17.5. The summed E-state index contributed by atoms with van der Waals surface area (Å²) in [5, 5.41) is 12.9. The van der Waals surface area contributed by atoms with Gasteiger partial charge < -0.3 is 20.2 Å². The quantitative estimate of drug-likeness (QED) is 0.272. The van der Waals surface area contributed by atoms with Crippen molar-refractivity contribution in [3.8, 4) is 11.1 Å². The molecular weight excluding hydrogens is 580 g/mol. The highest BCUT2D eigenvalue weighted by molar-refractivity contribution is 7.98. The zero-order valence-corrected chi connectivity index (χ0v) is 26.3. The third-order valence-electron chi connectivity index (χ3n) is 8.77. The summed E-state index contributed by atoms with van der Waals surface area (Å²) in [4.78, 5) is 33.3. The summed E-state index contributed by atoms with van der Waals surface area (Å²) < 4.78 is 0. The van der Waals surface area contributed by atoms with Crippen LogP contribution in [0.15, 0.2) is 77.7 Å². The smallest absolute Gasteiger partial charge is 0.405 e. The van der Waals surface area contributed by atoms with Crippen LogP contribution in [-0.2, 0) is 17.8 Å². The lowest BCUT2D eigenvalue weighted by Crippen LogP contribution is -2.57. The van der Waals surface area contributed by atoms with Gasteiger partial charge in [-0.05, 0) is 85.0 Å². The van der Waals surface area contributed by atoms with E-state index in [0.29, 0.717) is 13.1 Å². The van der Waals surface area contributed by atoms with E-state index in [1.165, 1.54) is 27.1 Å². The molecule has 2 saturated heterocycles. The van der Waals surface area contributed by atoms with Crippen molar-refractivity contribution in [3.63, 3.8) is 0 Å². The Labute approximate surface area is 264 Å². The second kappa shape index (κ2) is 15.1. The Bertz CT molecular complexity index is 1380. The Morgan fingerprint density at radius 2 is 1.60 bits per heavy atom. The molecule has 5 rings (SSSR count). The number of amides is 2. The summed E-state index contributed by atoms with van der Waals surface area (Å²) in [6, 6.07) is 24.2. The van der Waals surface area contributed by atoms with Crippen LogP contribution in [0.3, 0.4) is 0 Å². The van der Waals surface area contributed by atoms with Crippen LogP contribution in [-0.4, -0.2) is 89.9 Å². The molecule has 0 aliphatic carbocycles. The van der Waals surface area contributed by atoms with Crippen LogP contribution in [0, 0.1) is 5.92 Å². The fourth-order valence-electron chi connectivity index (χ4n) is 6.37. The molecule has 3 aromatic rings. The summed E-state index contributed by atoms with van der Waals surface area (Å²) in [6.07, 6.45) is 3.39. The lowest BCUT2D eigenvalue weighted by Gasteiger charge is -2.40. The number of hydrogen-bond acceptors (Lipinski definition) is 5. The predicted octanol–water partition coefficient (Wildman–Crippen LogP) is 5.96. The highest BCUT2D eigenvalue weighted by atomic mass is 35.5. The van der Waals surface area contributed by atoms with Gasteiger partial charge in [-0.2, -0.15) is 0 Å². The van der Waals surface area contributed by atoms with Gasteiger partial charge in [0, 0.05) is 49.2 Å². The number of thioether (sulfide) groups is 1. The summed E-state index contributed by atoms with van der Waals surface area (Å²) in [7, 11) is 0. The van der Waals surface area contributed by atoms with E-state index in [0.717, 1.165) is 63.6 Å². The van der Waals surface area contributed by atoms with E-state index in [1.807, 2.05) is 29.2 Å². The predicted molar refractivity (Wildman–Crippen MR) is 175 cm³/mol. The van der Waals surface area contributed by atoms with Gasteiger partial charge in [0.1, 0.15) is 6.04 Å². The number of nitrogens with zero attached hydrogens (tertiary/aromatic N) is 3. The molecule has 0 bridgehead atoms. The number of piperidine rings is 1. The van der Waals surface area contributed by atoms with E-state index in [4.69, 9.17) is 11.6 Å². The molecule has 2 N–H and O–H groups in total. The van der Waals surface area contributed by atoms with Gasteiger partial charge in [-0.1, -0.05) is 66.2 Å². The topological polar surface area (TPSA) is 76.1 Å². The fraction of sp³-hybridized carbons (Fsp3) is 0.412. The average Bonchev–Trinajstić information content (AvgIpc) is 3.03. The summed E-state index contributed by atoms with van der Waals surface area (Å²) in [6.45, 7) is 6.19. The second-order valence-corrected chi connectivity index (χ2v) is 12.7. The van der Waals surface area contributed by atoms with Gasteiger partial charge in [0.25, 0.3) is 0 Å². The molecule has 7 nitrogen and oxygen atoms in total. The van der Waals surface area contributed by atoms with Gasteiger partial charge in [-0.15, -0.1) is 11.8 Å². The summed E-state index contributed by atoms with van der Waals surface area (Å²) >= 11 is 8.12. The average molecular weight is 621 g/mol. The third kappa shape index (κ3) is 8.32. The van der Waals surface area contributed by atoms with Crippen LogP contribution in [0.5, 0.6) is 0 Å². The number of likely N-dealkylation sites (tertiary alicyclic amines) is 1. The molecule has 43 heavy (non-hydrogen) atoms. The van der Waals surface area contributed by atoms with Crippen molar-refractivity contribution in [1.82, 2.24) is 20.0 Å². The van der Waals surface area contributed by atoms with Gasteiger partial charge in [-0.3, -0.25) is 9.69 Å². The number of benzene rings is 3. The van der Waals surface area contributed by atoms with Crippen molar-refractivity contribution in [2.75, 3.05) is 52.1 Å². The molecule has 0 spiro atoms. The number of halogens is 1. The van der Waals surface area contributed by atoms with Crippen molar-refractivity contribution < 1.29 is 14.7 Å². The maximum Gasteiger partial charge on any atom is 0.405 e. The van der Waals surface area contributed by atoms with E-state index in [9.17, 15) is 14.7 Å². The molecule has 0 radical (unpaired) electrons. The van der Waals surface area contributed by atoms with Gasteiger partial charge in [0.15, 0.2) is 0 Å². The first-order valence-electron chi connectivity index (χ1n) is 15.1. The minimum Gasteiger partial charge on any atom is -0.465 e. The zero-order chi connectivity index (χ0) is 30.2. The molecule has 2 fully saturated rings. The van der Waals surface area contributed by atoms with Gasteiger partial charge >= 0.3 is 6.09 Å². The summed E-state index contributed by atoms with van der Waals surface area (Å²) in [5.41, 5.74) is 4.90. The van der Waals surface area contributed by atoms with Crippen molar-refractivity contribution in [1.29, 1.82) is 0 Å². The van der Waals surface area contributed by atoms with Crippen LogP contribution < -0.4 is 5.32 Å². The van der Waals surface area contributed by atoms with Crippen molar-refractivity contribution in [2.45, 2.75) is 36.7 Å². The number of nitrogens with one attached hydrogen (secondary N) is 1. The monoisotopic (exact) mass is 620 g/mol. The zero-order valence-electron chi connectivity index (χ0n) is 24.8. The molecule has 2 amide bonds. The highest BCUT2D eigenvalue weighted by Gasteiger charge is 2.36. The van der Waals surface area contributed by atoms with E-state index in [1.54, 1.807) is 11.8 Å². The van der Waals surface area contributed by atoms with Crippen molar-refractivity contribution in [2.24, 2.45) is 5.92 Å². The third-order valence-corrected chi connectivity index (χ3v) is 9.84. The number of carboxylic acid groups (broad SMARTS) is 1. The number of rotatable bonds is 10. The maximum absolute atomic E-state index is 13.6. The van der Waals surface area contributed by atoms with E-state index in [2.05, 4.69) is 69.9 Å². The van der Waals surface area contributed by atoms with E-state index in [-0.39, 0.29) is 11.8 Å². The van der Waals surface area contributed by atoms with Crippen LogP contribution >= 0.6 is 23.4 Å². The first-order valence-corrected chi connectivity index (χ1v) is 16.7. The minimum absolute atomic E-state index is 0.0163. The molecule has 3 aromatic carbocycles. The number of hydrogen-bond donors (Lipinski definition) is 2. The molecule has 0 saturated carbocycles. The Hall–Kier alpha value is -3.04. The van der Waals surface area contributed by atoms with Crippen LogP contribution in [0.1, 0.15) is 24.0 Å². The SMILES string of the molecule is CSc1ccccc1CN1CCN(C(=O)C(NC(=O)O)C2CCN(CCc3cc(Cl)ccc3-c3ccccc3)CC2)CC1. The number of carbonyl (C=O) groups excluding carboxylic acids is 1. The standard InChI is InChI=1S/C34H41ClN4O3S/c1-43-31-10-6-5-9-28(31)24-38-19-21-39(22-20-38)33(40)32(36-34(41)42)26-13-16-37(17-14-26)18-15-27-23-29(35)11-12-30(27)25-7-3-2-4-8-25/h2-12,23,26,32,36H,13-22,24H2,1H3,(H,41,42). The second-order valence-electron chi connectivity index (χ2n) is 11.4. The van der Waals surface area contributed by atoms with Crippen LogP contribution in [0.25, 0.3) is 11.1 Å². The Kier molecular flexibility index (Phi) is 11.0. The largest absolute Gasteiger partial charge is 0.465 e. The molecular formula is C34H41ClN4O3S. The van der Waals surface area contributed by atoms with E-state index >= 15 is 0 Å². The molecule has 0 aromatic heterocycles. The first kappa shape index (κ1) is 31.4. The molecule has 2 heterocycles. The highest BCUT2D eigenvalue weighted by Crippen LogP contribution is 2.29. The Balaban J connectivity index is 1.14. The first-order chi connectivity index (χ1) is 20.9. The van der Waals surface area contributed by atoms with Crippen LogP contribution in [0.2, 0.25) is 5.02 Å².